The van der Waals surface area contributed by atoms with Crippen LogP contribution in [0.4, 0.5) is 4.39 Å². The number of fused-ring (bicyclic) bond motifs is 1. The third kappa shape index (κ3) is 5.96. The van der Waals surface area contributed by atoms with Gasteiger partial charge in [-0.25, -0.2) is 4.39 Å². The van der Waals surface area contributed by atoms with Crippen molar-refractivity contribution in [2.45, 2.75) is 76.4 Å². The van der Waals surface area contributed by atoms with Gasteiger partial charge in [-0.2, -0.15) is 0 Å². The number of hydrogen-bond acceptors (Lipinski definition) is 7. The molecule has 0 aromatic carbocycles. The first-order valence-corrected chi connectivity index (χ1v) is 14.1. The average molecular weight is 551 g/mol. The van der Waals surface area contributed by atoms with Crippen LogP contribution in [0, 0.1) is 11.8 Å². The van der Waals surface area contributed by atoms with Gasteiger partial charge in [-0.1, -0.05) is 32.0 Å². The molecule has 1 N–H and O–H groups in total. The van der Waals surface area contributed by atoms with Crippen LogP contribution in [0.25, 0.3) is 0 Å². The molecule has 5 atom stereocenters. The molecule has 2 heterocycles. The highest BCUT2D eigenvalue weighted by molar-refractivity contribution is 5.90. The first-order chi connectivity index (χ1) is 19.2. The zero-order valence-corrected chi connectivity index (χ0v) is 23.9. The number of hydrogen-bond donors (Lipinski definition) is 1. The lowest BCUT2D eigenvalue weighted by Gasteiger charge is -2.34. The molecule has 5 unspecified atom stereocenters. The van der Waals surface area contributed by atoms with E-state index in [-0.39, 0.29) is 40.8 Å². The Morgan fingerprint density at radius 1 is 1.15 bits per heavy atom. The second-order valence-electron chi connectivity index (χ2n) is 12.0. The van der Waals surface area contributed by atoms with E-state index in [0.717, 1.165) is 29.9 Å². The van der Waals surface area contributed by atoms with E-state index in [9.17, 15) is 4.79 Å². The van der Waals surface area contributed by atoms with Crippen molar-refractivity contribution in [3.63, 3.8) is 0 Å². The Morgan fingerprint density at radius 2 is 1.95 bits per heavy atom. The van der Waals surface area contributed by atoms with Gasteiger partial charge < -0.3 is 24.1 Å². The fourth-order valence-corrected chi connectivity index (χ4v) is 5.62. The number of carbonyl (C=O) groups is 1. The topological polar surface area (TPSA) is 82.8 Å². The van der Waals surface area contributed by atoms with Gasteiger partial charge in [0.25, 0.3) is 0 Å². The summed E-state index contributed by atoms with van der Waals surface area (Å²) in [5.74, 6) is 2.83. The SMILES string of the molecule is COC1=CC2=C(OC3CCC(/C=C/C(=O)CC4CCC4c4cc(C(C)(C)C)on4)C=C3F)C=CNC2C=C1OC. The van der Waals surface area contributed by atoms with Crippen molar-refractivity contribution < 1.29 is 27.9 Å². The number of allylic oxidation sites excluding steroid dienone is 4. The van der Waals surface area contributed by atoms with Crippen LogP contribution in [0.1, 0.15) is 70.2 Å². The number of ketones is 1. The van der Waals surface area contributed by atoms with Gasteiger partial charge in [-0.15, -0.1) is 0 Å². The summed E-state index contributed by atoms with van der Waals surface area (Å²) in [6.45, 7) is 6.29. The molecule has 0 spiro atoms. The van der Waals surface area contributed by atoms with Crippen molar-refractivity contribution in [3.05, 3.63) is 88.9 Å². The summed E-state index contributed by atoms with van der Waals surface area (Å²) >= 11 is 0. The number of rotatable bonds is 9. The van der Waals surface area contributed by atoms with Crippen molar-refractivity contribution in [2.24, 2.45) is 11.8 Å². The van der Waals surface area contributed by atoms with Crippen LogP contribution in [0.2, 0.25) is 0 Å². The van der Waals surface area contributed by atoms with Gasteiger partial charge in [0.1, 0.15) is 23.5 Å². The highest BCUT2D eigenvalue weighted by atomic mass is 19.1. The smallest absolute Gasteiger partial charge is 0.160 e. The molecule has 214 valence electrons. The van der Waals surface area contributed by atoms with E-state index < -0.39 is 6.10 Å². The molecular weight excluding hydrogens is 511 g/mol. The highest BCUT2D eigenvalue weighted by Gasteiger charge is 2.36. The van der Waals surface area contributed by atoms with Gasteiger partial charge in [0.05, 0.1) is 26.0 Å². The van der Waals surface area contributed by atoms with Gasteiger partial charge >= 0.3 is 0 Å². The summed E-state index contributed by atoms with van der Waals surface area (Å²) in [6.07, 6.45) is 15.4. The van der Waals surface area contributed by atoms with Crippen LogP contribution in [-0.2, 0) is 24.4 Å². The van der Waals surface area contributed by atoms with E-state index in [4.69, 9.17) is 18.7 Å². The molecular formula is C32H39FN2O5. The van der Waals surface area contributed by atoms with Gasteiger partial charge in [0.2, 0.25) is 0 Å². The van der Waals surface area contributed by atoms with Crippen molar-refractivity contribution in [1.82, 2.24) is 10.5 Å². The summed E-state index contributed by atoms with van der Waals surface area (Å²) in [6, 6.07) is 1.89. The first-order valence-electron chi connectivity index (χ1n) is 14.1. The molecule has 1 aliphatic heterocycles. The quantitative estimate of drug-likeness (QED) is 0.354. The lowest BCUT2D eigenvalue weighted by molar-refractivity contribution is -0.116. The molecule has 5 rings (SSSR count). The Hall–Kier alpha value is -3.55. The Morgan fingerprint density at radius 3 is 2.60 bits per heavy atom. The maximum Gasteiger partial charge on any atom is 0.160 e. The third-order valence-electron chi connectivity index (χ3n) is 8.19. The third-order valence-corrected chi connectivity index (χ3v) is 8.19. The number of methoxy groups -OCH3 is 2. The molecule has 3 aliphatic carbocycles. The Kier molecular flexibility index (Phi) is 8.06. The lowest BCUT2D eigenvalue weighted by atomic mass is 9.69. The Labute approximate surface area is 235 Å². The lowest BCUT2D eigenvalue weighted by Crippen LogP contribution is -2.32. The normalized spacial score (nSPS) is 28.1. The van der Waals surface area contributed by atoms with Crippen LogP contribution in [-0.4, -0.2) is 37.3 Å². The van der Waals surface area contributed by atoms with Crippen molar-refractivity contribution in [3.8, 4) is 0 Å². The van der Waals surface area contributed by atoms with Crippen LogP contribution < -0.4 is 5.32 Å². The van der Waals surface area contributed by atoms with E-state index in [1.807, 2.05) is 24.3 Å². The minimum absolute atomic E-state index is 0.0702. The largest absolute Gasteiger partial charge is 0.493 e. The Balaban J connectivity index is 1.17. The van der Waals surface area contributed by atoms with E-state index in [0.29, 0.717) is 36.5 Å². The van der Waals surface area contributed by atoms with Gasteiger partial charge in [0, 0.05) is 35.6 Å². The first kappa shape index (κ1) is 28.0. The standard InChI is InChI=1S/C32H39FN2O5/c1-32(2,3)31-18-26(35-40-31)22-10-8-20(22)15-21(36)9-6-19-7-11-28(24(33)14-19)39-27-12-13-34-25-17-30(38-5)29(37-4)16-23(25)27/h6,9,12-14,16-20,22,25,28,34H,7-8,10-11,15H2,1-5H3/b9-6+. The van der Waals surface area contributed by atoms with Crippen molar-refractivity contribution in [1.29, 1.82) is 0 Å². The monoisotopic (exact) mass is 550 g/mol. The minimum atomic E-state index is -0.672. The second kappa shape index (κ2) is 11.5. The molecule has 40 heavy (non-hydrogen) atoms. The van der Waals surface area contributed by atoms with Crippen LogP contribution >= 0.6 is 0 Å². The molecule has 0 amide bonds. The Bertz CT molecular complexity index is 1310. The van der Waals surface area contributed by atoms with E-state index in [1.54, 1.807) is 38.6 Å². The number of dihydropyridines is 1. The molecule has 0 saturated heterocycles. The number of carbonyl (C=O) groups excluding carboxylic acids is 1. The molecule has 1 fully saturated rings. The maximum atomic E-state index is 15.1. The molecule has 8 heteroatoms. The van der Waals surface area contributed by atoms with E-state index in [1.165, 1.54) is 0 Å². The molecule has 1 aromatic heterocycles. The highest BCUT2D eigenvalue weighted by Crippen LogP contribution is 2.45. The van der Waals surface area contributed by atoms with Gasteiger partial charge in [0.15, 0.2) is 17.3 Å². The summed E-state index contributed by atoms with van der Waals surface area (Å²) < 4.78 is 37.7. The average Bonchev–Trinajstić information content (AvgIpc) is 3.40. The number of aromatic nitrogens is 1. The van der Waals surface area contributed by atoms with E-state index >= 15 is 4.39 Å². The number of halogens is 1. The zero-order valence-electron chi connectivity index (χ0n) is 23.9. The minimum Gasteiger partial charge on any atom is -0.493 e. The molecule has 4 aliphatic rings. The molecule has 1 aromatic rings. The molecule has 7 nitrogen and oxygen atoms in total. The van der Waals surface area contributed by atoms with Crippen LogP contribution in [0.3, 0.4) is 0 Å². The van der Waals surface area contributed by atoms with Crippen LogP contribution in [0.15, 0.2) is 81.9 Å². The number of nitrogens with zero attached hydrogens (tertiary/aromatic N) is 1. The summed E-state index contributed by atoms with van der Waals surface area (Å²) in [7, 11) is 3.17. The van der Waals surface area contributed by atoms with Crippen LogP contribution in [0.5, 0.6) is 0 Å². The van der Waals surface area contributed by atoms with Gasteiger partial charge in [-0.3, -0.25) is 4.79 Å². The van der Waals surface area contributed by atoms with Gasteiger partial charge in [-0.05, 0) is 67.9 Å². The fourth-order valence-electron chi connectivity index (χ4n) is 5.62. The van der Waals surface area contributed by atoms with Crippen molar-refractivity contribution in [2.75, 3.05) is 14.2 Å². The van der Waals surface area contributed by atoms with E-state index in [2.05, 4.69) is 31.2 Å². The van der Waals surface area contributed by atoms with Crippen molar-refractivity contribution >= 4 is 5.78 Å². The predicted octanol–water partition coefficient (Wildman–Crippen LogP) is 6.44. The predicted molar refractivity (Wildman–Crippen MR) is 149 cm³/mol. The maximum absolute atomic E-state index is 15.1. The zero-order chi connectivity index (χ0) is 28.4. The second-order valence-corrected chi connectivity index (χ2v) is 12.0. The summed E-state index contributed by atoms with van der Waals surface area (Å²) in [5.41, 5.74) is 1.71. The molecule has 1 saturated carbocycles. The summed E-state index contributed by atoms with van der Waals surface area (Å²) in [4.78, 5) is 12.8. The fraction of sp³-hybridized carbons (Fsp3) is 0.500. The number of nitrogens with one attached hydrogen (secondary N) is 1. The number of ether oxygens (including phenoxy) is 3. The summed E-state index contributed by atoms with van der Waals surface area (Å²) in [5, 5.41) is 7.53. The molecule has 0 radical (unpaired) electrons. The molecule has 0 bridgehead atoms.